The molecule has 0 saturated carbocycles. The van der Waals surface area contributed by atoms with Gasteiger partial charge in [0, 0.05) is 53.0 Å². The fourth-order valence-electron chi connectivity index (χ4n) is 8.88. The maximum atomic E-state index is 14.8. The summed E-state index contributed by atoms with van der Waals surface area (Å²) in [5.74, 6) is 1.25. The standard InChI is InChI=1S/C58H40O3S4/c59-57-53(39-15-27-45(62)28-16-39)49(35-7-3-1-4-8-35)51(55(57)41-19-31-47(64)32-20-41)37-11-23-43(24-12-37)61-44-25-13-38(14-26-44)52-50(36-9-5-2-6-10-36)54(40-17-29-46(63)30-18-40)58(60)56(52)42-21-33-48(65)34-22-42/h1-34,57,59,62-65H. The molecule has 1 unspecified atom stereocenters. The minimum Gasteiger partial charge on any atom is -0.457 e. The highest BCUT2D eigenvalue weighted by Gasteiger charge is 2.37. The molecule has 8 aromatic carbocycles. The van der Waals surface area contributed by atoms with Crippen molar-refractivity contribution >= 4 is 101 Å². The molecule has 0 heterocycles. The molecule has 314 valence electrons. The molecule has 0 bridgehead atoms. The molecule has 3 nitrogen and oxygen atoms in total. The van der Waals surface area contributed by atoms with Gasteiger partial charge in [0.15, 0.2) is 5.78 Å². The highest BCUT2D eigenvalue weighted by molar-refractivity contribution is 7.80. The van der Waals surface area contributed by atoms with Crippen molar-refractivity contribution in [1.82, 2.24) is 0 Å². The highest BCUT2D eigenvalue weighted by atomic mass is 32.1. The Morgan fingerprint density at radius 3 is 0.923 bits per heavy atom. The number of Topliss-reactive ketones (excluding diaryl/α,β-unsaturated/α-hetero) is 1. The molecule has 2 aliphatic carbocycles. The summed E-state index contributed by atoms with van der Waals surface area (Å²) in [6.45, 7) is 0. The van der Waals surface area contributed by atoms with Crippen molar-refractivity contribution < 1.29 is 14.6 Å². The summed E-state index contributed by atoms with van der Waals surface area (Å²) in [7, 11) is 0. The number of benzene rings is 8. The number of carbonyl (C=O) groups is 1. The van der Waals surface area contributed by atoms with E-state index >= 15 is 0 Å². The molecule has 7 heteroatoms. The van der Waals surface area contributed by atoms with Crippen LogP contribution < -0.4 is 4.74 Å². The number of aliphatic hydroxyl groups excluding tert-OH is 1. The molecule has 0 aliphatic heterocycles. The van der Waals surface area contributed by atoms with Crippen LogP contribution in [0.4, 0.5) is 0 Å². The second-order valence-corrected chi connectivity index (χ2v) is 17.9. The first kappa shape index (κ1) is 42.5. The summed E-state index contributed by atoms with van der Waals surface area (Å²) in [4.78, 5) is 18.1. The van der Waals surface area contributed by atoms with E-state index in [0.29, 0.717) is 22.6 Å². The van der Waals surface area contributed by atoms with E-state index in [9.17, 15) is 9.90 Å². The maximum absolute atomic E-state index is 14.8. The number of allylic oxidation sites excluding steroid dienone is 6. The van der Waals surface area contributed by atoms with Gasteiger partial charge in [0.05, 0.1) is 0 Å². The minimum absolute atomic E-state index is 0.0437. The van der Waals surface area contributed by atoms with Crippen molar-refractivity contribution in [3.05, 3.63) is 251 Å². The van der Waals surface area contributed by atoms with Gasteiger partial charge in [-0.2, -0.15) is 0 Å². The van der Waals surface area contributed by atoms with Crippen LogP contribution in [0.3, 0.4) is 0 Å². The van der Waals surface area contributed by atoms with E-state index in [1.807, 2.05) is 170 Å². The molecule has 1 atom stereocenters. The van der Waals surface area contributed by atoms with E-state index in [2.05, 4.69) is 86.9 Å². The van der Waals surface area contributed by atoms with Gasteiger partial charge < -0.3 is 9.84 Å². The zero-order valence-corrected chi connectivity index (χ0v) is 38.3. The van der Waals surface area contributed by atoms with Crippen LogP contribution in [0.5, 0.6) is 11.5 Å². The van der Waals surface area contributed by atoms with E-state index in [1.165, 1.54) is 0 Å². The van der Waals surface area contributed by atoms with E-state index in [1.54, 1.807) is 0 Å². The number of hydrogen-bond donors (Lipinski definition) is 5. The van der Waals surface area contributed by atoms with Gasteiger partial charge in [0.2, 0.25) is 0 Å². The van der Waals surface area contributed by atoms with Crippen molar-refractivity contribution in [2.75, 3.05) is 0 Å². The molecule has 2 aliphatic rings. The van der Waals surface area contributed by atoms with Gasteiger partial charge in [-0.25, -0.2) is 0 Å². The molecule has 0 radical (unpaired) electrons. The number of aliphatic hydroxyl groups is 1. The lowest BCUT2D eigenvalue weighted by Gasteiger charge is -2.16. The zero-order chi connectivity index (χ0) is 44.6. The fraction of sp³-hybridized carbons (Fsp3) is 0.0172. The Hall–Kier alpha value is -6.45. The summed E-state index contributed by atoms with van der Waals surface area (Å²) in [5, 5.41) is 12.4. The number of ether oxygens (including phenoxy) is 1. The molecule has 0 spiro atoms. The lowest BCUT2D eigenvalue weighted by atomic mass is 9.89. The van der Waals surface area contributed by atoms with Crippen molar-refractivity contribution in [3.8, 4) is 11.5 Å². The Morgan fingerprint density at radius 2 is 0.569 bits per heavy atom. The Balaban J connectivity index is 1.04. The molecule has 10 rings (SSSR count). The van der Waals surface area contributed by atoms with Gasteiger partial charge in [-0.1, -0.05) is 133 Å². The van der Waals surface area contributed by atoms with E-state index in [4.69, 9.17) is 4.74 Å². The Morgan fingerprint density at radius 1 is 0.308 bits per heavy atom. The first-order valence-corrected chi connectivity index (χ1v) is 22.9. The van der Waals surface area contributed by atoms with Crippen molar-refractivity contribution in [3.63, 3.8) is 0 Å². The quantitative estimate of drug-likeness (QED) is 0.0889. The largest absolute Gasteiger partial charge is 0.457 e. The van der Waals surface area contributed by atoms with Crippen LogP contribution in [-0.2, 0) is 4.79 Å². The second-order valence-electron chi connectivity index (χ2n) is 15.9. The van der Waals surface area contributed by atoms with E-state index in [-0.39, 0.29) is 5.78 Å². The predicted octanol–water partition coefficient (Wildman–Crippen LogP) is 14.6. The number of hydrogen-bond acceptors (Lipinski definition) is 7. The third-order valence-electron chi connectivity index (χ3n) is 11.9. The molecule has 65 heavy (non-hydrogen) atoms. The monoisotopic (exact) mass is 912 g/mol. The average molecular weight is 913 g/mol. The van der Waals surface area contributed by atoms with Gasteiger partial charge in [0.1, 0.15) is 17.6 Å². The molecule has 0 fully saturated rings. The third kappa shape index (κ3) is 8.38. The number of ketones is 1. The Labute approximate surface area is 400 Å². The molecule has 0 amide bonds. The highest BCUT2D eigenvalue weighted by Crippen LogP contribution is 2.53. The summed E-state index contributed by atoms with van der Waals surface area (Å²) in [6, 6.07) is 67.7. The Bertz CT molecular complexity index is 3210. The third-order valence-corrected chi connectivity index (χ3v) is 13.0. The lowest BCUT2D eigenvalue weighted by Crippen LogP contribution is -2.09. The summed E-state index contributed by atoms with van der Waals surface area (Å²) >= 11 is 18.2. The minimum atomic E-state index is -0.902. The van der Waals surface area contributed by atoms with Gasteiger partial charge in [0.25, 0.3) is 0 Å². The predicted molar refractivity (Wildman–Crippen MR) is 279 cm³/mol. The van der Waals surface area contributed by atoms with E-state index < -0.39 is 6.10 Å². The van der Waals surface area contributed by atoms with Gasteiger partial charge in [-0.15, -0.1) is 50.5 Å². The fourth-order valence-corrected chi connectivity index (χ4v) is 9.48. The van der Waals surface area contributed by atoms with Crippen molar-refractivity contribution in [2.45, 2.75) is 25.7 Å². The molecular weight excluding hydrogens is 873 g/mol. The smallest absolute Gasteiger partial charge is 0.195 e. The van der Waals surface area contributed by atoms with E-state index in [0.717, 1.165) is 97.5 Å². The molecule has 1 N–H and O–H groups in total. The average Bonchev–Trinajstić information content (AvgIpc) is 3.82. The normalized spacial score (nSPS) is 15.1. The Kier molecular flexibility index (Phi) is 11.9. The molecule has 8 aromatic rings. The molecule has 0 saturated heterocycles. The number of carbonyl (C=O) groups excluding carboxylic acids is 1. The number of thiol groups is 4. The summed E-state index contributed by atoms with van der Waals surface area (Å²) in [6.07, 6.45) is -0.902. The summed E-state index contributed by atoms with van der Waals surface area (Å²) < 4.78 is 6.53. The SMILES string of the molecule is O=C1C(c2ccc(S)cc2)=C(c2ccccc2)C(c2ccc(Oc3ccc(C4=C(c5ccc(S)cc5)C(O)C(c5ccc(S)cc5)=C4c4ccccc4)cc3)cc2)=C1c1ccc(S)cc1. The summed E-state index contributed by atoms with van der Waals surface area (Å²) in [5.41, 5.74) is 13.8. The van der Waals surface area contributed by atoms with Gasteiger partial charge in [-0.05, 0) is 128 Å². The van der Waals surface area contributed by atoms with Crippen LogP contribution in [0.15, 0.2) is 226 Å². The van der Waals surface area contributed by atoms with Crippen LogP contribution in [0.1, 0.15) is 44.5 Å². The van der Waals surface area contributed by atoms with Crippen molar-refractivity contribution in [1.29, 1.82) is 0 Å². The molecular formula is C58H40O3S4. The van der Waals surface area contributed by atoms with Crippen LogP contribution >= 0.6 is 50.5 Å². The second kappa shape index (κ2) is 18.2. The van der Waals surface area contributed by atoms with Gasteiger partial charge in [-0.3, -0.25) is 4.79 Å². The first-order chi connectivity index (χ1) is 31.7. The molecule has 0 aromatic heterocycles. The first-order valence-electron chi connectivity index (χ1n) is 21.1. The van der Waals surface area contributed by atoms with Crippen LogP contribution in [0, 0.1) is 0 Å². The maximum Gasteiger partial charge on any atom is 0.195 e. The number of rotatable bonds is 10. The van der Waals surface area contributed by atoms with Gasteiger partial charge >= 0.3 is 0 Å². The van der Waals surface area contributed by atoms with Crippen LogP contribution in [-0.4, -0.2) is 17.0 Å². The van der Waals surface area contributed by atoms with Crippen LogP contribution in [0.25, 0.3) is 44.6 Å². The van der Waals surface area contributed by atoms with Crippen molar-refractivity contribution in [2.24, 2.45) is 0 Å². The van der Waals surface area contributed by atoms with Crippen LogP contribution in [0.2, 0.25) is 0 Å². The topological polar surface area (TPSA) is 46.5 Å². The lowest BCUT2D eigenvalue weighted by molar-refractivity contribution is -0.108. The zero-order valence-electron chi connectivity index (χ0n) is 34.8.